The van der Waals surface area contributed by atoms with Crippen LogP contribution >= 0.6 is 0 Å². The summed E-state index contributed by atoms with van der Waals surface area (Å²) in [6.07, 6.45) is -0.334. The number of pyridine rings is 1. The highest BCUT2D eigenvalue weighted by molar-refractivity contribution is 5.96. The number of nitrogens with zero attached hydrogens (tertiary/aromatic N) is 2. The summed E-state index contributed by atoms with van der Waals surface area (Å²) in [5, 5.41) is 2.86. The number of halogens is 3. The van der Waals surface area contributed by atoms with Gasteiger partial charge in [-0.05, 0) is 70.6 Å². The van der Waals surface area contributed by atoms with Gasteiger partial charge in [0, 0.05) is 36.3 Å². The first-order chi connectivity index (χ1) is 18.9. The van der Waals surface area contributed by atoms with Crippen LogP contribution in [0.4, 0.5) is 19.0 Å². The number of hydrogen-bond donors (Lipinski definition) is 2. The van der Waals surface area contributed by atoms with E-state index in [-0.39, 0.29) is 34.6 Å². The SMILES string of the molecule is CC1(C)CN(C(=O)c2ccc(-c3cc(C(F)(F)F)c4oc(CNC(=O)/C=C/c5ccc(N)nc5)cc4c3)cc2)C1. The zero-order chi connectivity index (χ0) is 28.7. The van der Waals surface area contributed by atoms with Gasteiger partial charge < -0.3 is 20.4 Å². The number of alkyl halides is 3. The van der Waals surface area contributed by atoms with Gasteiger partial charge in [-0.1, -0.05) is 26.0 Å². The molecule has 0 atom stereocenters. The minimum atomic E-state index is -4.66. The summed E-state index contributed by atoms with van der Waals surface area (Å²) in [5.74, 6) is -0.0254. The molecule has 0 unspecified atom stereocenters. The highest BCUT2D eigenvalue weighted by Gasteiger charge is 2.37. The number of amides is 2. The van der Waals surface area contributed by atoms with Crippen molar-refractivity contribution in [2.75, 3.05) is 18.8 Å². The molecule has 3 N–H and O–H groups in total. The minimum Gasteiger partial charge on any atom is -0.459 e. The second-order valence-electron chi connectivity index (χ2n) is 10.6. The van der Waals surface area contributed by atoms with Crippen molar-refractivity contribution in [3.05, 3.63) is 89.3 Å². The Hall–Kier alpha value is -4.60. The molecule has 40 heavy (non-hydrogen) atoms. The predicted molar refractivity (Wildman–Crippen MR) is 146 cm³/mol. The molecule has 7 nitrogen and oxygen atoms in total. The fourth-order valence-electron chi connectivity index (χ4n) is 4.71. The van der Waals surface area contributed by atoms with Gasteiger partial charge >= 0.3 is 6.18 Å². The van der Waals surface area contributed by atoms with Gasteiger partial charge in [-0.25, -0.2) is 4.98 Å². The van der Waals surface area contributed by atoms with E-state index in [4.69, 9.17) is 10.2 Å². The quantitative estimate of drug-likeness (QED) is 0.292. The lowest BCUT2D eigenvalue weighted by atomic mass is 9.84. The number of nitrogen functional groups attached to an aromatic ring is 1. The number of anilines is 1. The summed E-state index contributed by atoms with van der Waals surface area (Å²) in [6.45, 7) is 5.40. The summed E-state index contributed by atoms with van der Waals surface area (Å²) in [6, 6.07) is 13.9. The van der Waals surface area contributed by atoms with Crippen LogP contribution in [0.2, 0.25) is 0 Å². The molecular weight excluding hydrogens is 521 g/mol. The Morgan fingerprint density at radius 3 is 2.42 bits per heavy atom. The molecule has 1 saturated heterocycles. The third-order valence-electron chi connectivity index (χ3n) is 6.64. The van der Waals surface area contributed by atoms with Crippen molar-refractivity contribution in [1.29, 1.82) is 0 Å². The van der Waals surface area contributed by atoms with Gasteiger partial charge in [0.25, 0.3) is 5.91 Å². The van der Waals surface area contributed by atoms with Gasteiger partial charge in [0.1, 0.15) is 17.2 Å². The Morgan fingerprint density at radius 1 is 1.07 bits per heavy atom. The van der Waals surface area contributed by atoms with Crippen LogP contribution in [-0.2, 0) is 17.5 Å². The molecule has 10 heteroatoms. The summed E-state index contributed by atoms with van der Waals surface area (Å²) < 4.78 is 47.5. The normalized spacial score (nSPS) is 14.9. The molecular formula is C30H27F3N4O3. The number of nitrogens with one attached hydrogen (secondary N) is 1. The zero-order valence-corrected chi connectivity index (χ0v) is 21.9. The van der Waals surface area contributed by atoms with Crippen molar-refractivity contribution in [2.24, 2.45) is 5.41 Å². The van der Waals surface area contributed by atoms with Crippen molar-refractivity contribution in [2.45, 2.75) is 26.6 Å². The number of nitrogens with two attached hydrogens (primary N) is 1. The fourth-order valence-corrected chi connectivity index (χ4v) is 4.71. The van der Waals surface area contributed by atoms with E-state index in [0.29, 0.717) is 41.2 Å². The maximum atomic E-state index is 14.0. The number of furan rings is 1. The number of benzene rings is 2. The maximum Gasteiger partial charge on any atom is 0.420 e. The van der Waals surface area contributed by atoms with Crippen LogP contribution in [0, 0.1) is 5.41 Å². The summed E-state index contributed by atoms with van der Waals surface area (Å²) in [7, 11) is 0. The number of rotatable bonds is 6. The highest BCUT2D eigenvalue weighted by Crippen LogP contribution is 2.39. The highest BCUT2D eigenvalue weighted by atomic mass is 19.4. The third-order valence-corrected chi connectivity index (χ3v) is 6.64. The van der Waals surface area contributed by atoms with Crippen LogP contribution in [0.1, 0.15) is 41.1 Å². The molecule has 0 bridgehead atoms. The molecule has 0 spiro atoms. The van der Waals surface area contributed by atoms with Crippen LogP contribution in [0.25, 0.3) is 28.2 Å². The van der Waals surface area contributed by atoms with Crippen molar-refractivity contribution in [3.8, 4) is 11.1 Å². The molecule has 0 aliphatic carbocycles. The van der Waals surface area contributed by atoms with Gasteiger partial charge in [-0.2, -0.15) is 13.2 Å². The van der Waals surface area contributed by atoms with E-state index in [1.165, 1.54) is 24.4 Å². The van der Waals surface area contributed by atoms with E-state index in [0.717, 1.165) is 6.07 Å². The Kier molecular flexibility index (Phi) is 6.87. The molecule has 3 heterocycles. The van der Waals surface area contributed by atoms with E-state index in [1.54, 1.807) is 47.4 Å². The van der Waals surface area contributed by atoms with E-state index in [1.807, 2.05) is 0 Å². The first-order valence-corrected chi connectivity index (χ1v) is 12.6. The molecule has 2 aromatic heterocycles. The lowest BCUT2D eigenvalue weighted by Crippen LogP contribution is -2.55. The van der Waals surface area contributed by atoms with E-state index in [2.05, 4.69) is 24.1 Å². The molecule has 0 saturated carbocycles. The maximum absolute atomic E-state index is 14.0. The Bertz CT molecular complexity index is 1600. The Balaban J connectivity index is 1.34. The average molecular weight is 549 g/mol. The summed E-state index contributed by atoms with van der Waals surface area (Å²) in [4.78, 5) is 30.6. The van der Waals surface area contributed by atoms with E-state index < -0.39 is 17.6 Å². The van der Waals surface area contributed by atoms with Crippen LogP contribution in [0.3, 0.4) is 0 Å². The summed E-state index contributed by atoms with van der Waals surface area (Å²) >= 11 is 0. The topological polar surface area (TPSA) is 101 Å². The number of fused-ring (bicyclic) bond motifs is 1. The lowest BCUT2D eigenvalue weighted by Gasteiger charge is -2.45. The van der Waals surface area contributed by atoms with Crippen LogP contribution in [0.5, 0.6) is 0 Å². The minimum absolute atomic E-state index is 0.0945. The van der Waals surface area contributed by atoms with Gasteiger partial charge in [-0.3, -0.25) is 9.59 Å². The van der Waals surface area contributed by atoms with Crippen molar-refractivity contribution in [3.63, 3.8) is 0 Å². The van der Waals surface area contributed by atoms with Crippen molar-refractivity contribution < 1.29 is 27.2 Å². The first-order valence-electron chi connectivity index (χ1n) is 12.6. The zero-order valence-electron chi connectivity index (χ0n) is 21.9. The smallest absolute Gasteiger partial charge is 0.420 e. The van der Waals surface area contributed by atoms with Gasteiger partial charge in [0.2, 0.25) is 5.91 Å². The van der Waals surface area contributed by atoms with E-state index in [9.17, 15) is 22.8 Å². The average Bonchev–Trinajstić information content (AvgIpc) is 3.31. The monoisotopic (exact) mass is 548 g/mol. The van der Waals surface area contributed by atoms with Crippen LogP contribution < -0.4 is 11.1 Å². The second-order valence-corrected chi connectivity index (χ2v) is 10.6. The second kappa shape index (κ2) is 10.2. The number of carbonyl (C=O) groups excluding carboxylic acids is 2. The number of carbonyl (C=O) groups is 2. The van der Waals surface area contributed by atoms with Crippen LogP contribution in [-0.4, -0.2) is 34.8 Å². The molecule has 1 aliphatic heterocycles. The first kappa shape index (κ1) is 27.0. The van der Waals surface area contributed by atoms with Crippen molar-refractivity contribution in [1.82, 2.24) is 15.2 Å². The summed E-state index contributed by atoms with van der Waals surface area (Å²) in [5.41, 5.74) is 6.42. The van der Waals surface area contributed by atoms with Gasteiger partial charge in [0.05, 0.1) is 12.1 Å². The predicted octanol–water partition coefficient (Wildman–Crippen LogP) is 5.91. The Labute approximate surface area is 228 Å². The standard InChI is InChI=1S/C30H27F3N4O3/c1-29(2)16-37(17-29)28(39)20-7-5-19(6-8-20)21-11-22-12-23(40-27(22)24(13-21)30(31,32)33)15-36-26(38)10-4-18-3-9-25(34)35-14-18/h3-14H,15-17H2,1-2H3,(H2,34,35)(H,36,38)/b10-4+. The third kappa shape index (κ3) is 5.85. The molecule has 5 rings (SSSR count). The number of likely N-dealkylation sites (tertiary alicyclic amines) is 1. The molecule has 2 aromatic carbocycles. The molecule has 2 amide bonds. The van der Waals surface area contributed by atoms with Gasteiger partial charge in [0.15, 0.2) is 0 Å². The molecule has 1 aliphatic rings. The molecule has 206 valence electrons. The Morgan fingerprint density at radius 2 is 1.80 bits per heavy atom. The van der Waals surface area contributed by atoms with Crippen LogP contribution in [0.15, 0.2) is 71.3 Å². The molecule has 4 aromatic rings. The molecule has 1 fully saturated rings. The van der Waals surface area contributed by atoms with Gasteiger partial charge in [-0.15, -0.1) is 0 Å². The largest absolute Gasteiger partial charge is 0.459 e. The van der Waals surface area contributed by atoms with Crippen molar-refractivity contribution >= 4 is 34.7 Å². The number of hydrogen-bond acceptors (Lipinski definition) is 5. The number of aromatic nitrogens is 1. The molecule has 0 radical (unpaired) electrons. The fraction of sp³-hybridized carbons (Fsp3) is 0.233. The van der Waals surface area contributed by atoms with E-state index >= 15 is 0 Å². The lowest BCUT2D eigenvalue weighted by molar-refractivity contribution is -0.136.